The minimum atomic E-state index is 0.383. The average Bonchev–Trinajstić information content (AvgIpc) is 2.33. The second kappa shape index (κ2) is 5.75. The molecule has 100 valence electrons. The molecule has 2 heteroatoms. The second-order valence-corrected chi connectivity index (χ2v) is 5.91. The van der Waals surface area contributed by atoms with E-state index in [0.29, 0.717) is 11.7 Å². The SMILES string of the molecule is Cc1cc(O)c(C(C)C)cc1CC1CCCNC1. The maximum absolute atomic E-state index is 9.98. The van der Waals surface area contributed by atoms with Gasteiger partial charge in [-0.1, -0.05) is 19.9 Å². The van der Waals surface area contributed by atoms with E-state index in [9.17, 15) is 5.11 Å². The number of aromatic hydroxyl groups is 1. The number of nitrogens with one attached hydrogen (secondary N) is 1. The lowest BCUT2D eigenvalue weighted by molar-refractivity contribution is 0.375. The summed E-state index contributed by atoms with van der Waals surface area (Å²) in [5.74, 6) is 1.59. The number of phenolic OH excluding ortho intramolecular Hbond substituents is 1. The number of aryl methyl sites for hydroxylation is 1. The van der Waals surface area contributed by atoms with E-state index in [-0.39, 0.29) is 0 Å². The smallest absolute Gasteiger partial charge is 0.119 e. The highest BCUT2D eigenvalue weighted by molar-refractivity contribution is 5.43. The first kappa shape index (κ1) is 13.4. The second-order valence-electron chi connectivity index (χ2n) is 5.91. The Morgan fingerprint density at radius 1 is 1.39 bits per heavy atom. The summed E-state index contributed by atoms with van der Waals surface area (Å²) in [4.78, 5) is 0. The number of piperidine rings is 1. The third-order valence-electron chi connectivity index (χ3n) is 4.01. The van der Waals surface area contributed by atoms with Crippen LogP contribution in [0.5, 0.6) is 5.75 Å². The van der Waals surface area contributed by atoms with Crippen molar-refractivity contribution in [1.29, 1.82) is 0 Å². The van der Waals surface area contributed by atoms with E-state index in [0.717, 1.165) is 24.4 Å². The molecule has 18 heavy (non-hydrogen) atoms. The summed E-state index contributed by atoms with van der Waals surface area (Å²) >= 11 is 0. The summed E-state index contributed by atoms with van der Waals surface area (Å²) in [5.41, 5.74) is 3.71. The molecule has 2 rings (SSSR count). The molecule has 1 fully saturated rings. The van der Waals surface area contributed by atoms with Crippen LogP contribution >= 0.6 is 0 Å². The largest absolute Gasteiger partial charge is 0.508 e. The molecule has 1 aromatic rings. The van der Waals surface area contributed by atoms with E-state index in [4.69, 9.17) is 0 Å². The lowest BCUT2D eigenvalue weighted by Gasteiger charge is -2.24. The van der Waals surface area contributed by atoms with Gasteiger partial charge in [-0.15, -0.1) is 0 Å². The third-order valence-corrected chi connectivity index (χ3v) is 4.01. The van der Waals surface area contributed by atoms with Gasteiger partial charge in [0.25, 0.3) is 0 Å². The molecule has 0 spiro atoms. The van der Waals surface area contributed by atoms with Crippen LogP contribution in [0, 0.1) is 12.8 Å². The predicted octanol–water partition coefficient (Wildman–Crippen LogP) is 3.37. The first-order valence-electron chi connectivity index (χ1n) is 7.11. The van der Waals surface area contributed by atoms with Gasteiger partial charge in [-0.3, -0.25) is 0 Å². The summed E-state index contributed by atoms with van der Waals surface area (Å²) in [6.45, 7) is 8.68. The Kier molecular flexibility index (Phi) is 4.28. The molecule has 0 saturated carbocycles. The van der Waals surface area contributed by atoms with E-state index in [2.05, 4.69) is 32.2 Å². The summed E-state index contributed by atoms with van der Waals surface area (Å²) in [6.07, 6.45) is 3.75. The first-order valence-corrected chi connectivity index (χ1v) is 7.11. The summed E-state index contributed by atoms with van der Waals surface area (Å²) in [6, 6.07) is 4.14. The lowest BCUT2D eigenvalue weighted by Crippen LogP contribution is -2.31. The molecule has 1 aliphatic rings. The fraction of sp³-hybridized carbons (Fsp3) is 0.625. The van der Waals surface area contributed by atoms with Crippen LogP contribution in [0.15, 0.2) is 12.1 Å². The molecule has 1 aliphatic heterocycles. The van der Waals surface area contributed by atoms with Crippen LogP contribution in [0.25, 0.3) is 0 Å². The molecule has 0 aromatic heterocycles. The van der Waals surface area contributed by atoms with Gasteiger partial charge in [0, 0.05) is 0 Å². The zero-order valence-corrected chi connectivity index (χ0v) is 11.8. The van der Waals surface area contributed by atoms with Gasteiger partial charge >= 0.3 is 0 Å². The number of phenols is 1. The maximum atomic E-state index is 9.98. The average molecular weight is 247 g/mol. The van der Waals surface area contributed by atoms with Crippen molar-refractivity contribution in [2.24, 2.45) is 5.92 Å². The normalized spacial score (nSPS) is 20.3. The molecule has 2 N–H and O–H groups in total. The van der Waals surface area contributed by atoms with Gasteiger partial charge in [0.05, 0.1) is 0 Å². The summed E-state index contributed by atoms with van der Waals surface area (Å²) in [5, 5.41) is 13.5. The van der Waals surface area contributed by atoms with Crippen molar-refractivity contribution in [2.75, 3.05) is 13.1 Å². The van der Waals surface area contributed by atoms with Crippen molar-refractivity contribution >= 4 is 0 Å². The molecule has 0 radical (unpaired) electrons. The predicted molar refractivity (Wildman–Crippen MR) is 76.2 cm³/mol. The van der Waals surface area contributed by atoms with E-state index in [1.54, 1.807) is 0 Å². The van der Waals surface area contributed by atoms with Gasteiger partial charge in [0.2, 0.25) is 0 Å². The van der Waals surface area contributed by atoms with Crippen molar-refractivity contribution in [3.05, 3.63) is 28.8 Å². The Morgan fingerprint density at radius 3 is 2.78 bits per heavy atom. The fourth-order valence-corrected chi connectivity index (χ4v) is 2.85. The third kappa shape index (κ3) is 3.05. The quantitative estimate of drug-likeness (QED) is 0.858. The summed E-state index contributed by atoms with van der Waals surface area (Å²) < 4.78 is 0. The molecule has 2 nitrogen and oxygen atoms in total. The molecule has 1 unspecified atom stereocenters. The van der Waals surface area contributed by atoms with Crippen LogP contribution in [-0.2, 0) is 6.42 Å². The van der Waals surface area contributed by atoms with Crippen molar-refractivity contribution in [3.63, 3.8) is 0 Å². The minimum Gasteiger partial charge on any atom is -0.508 e. The van der Waals surface area contributed by atoms with Gasteiger partial charge in [-0.05, 0) is 73.9 Å². The van der Waals surface area contributed by atoms with Gasteiger partial charge < -0.3 is 10.4 Å². The molecular weight excluding hydrogens is 222 g/mol. The first-order chi connectivity index (χ1) is 8.58. The van der Waals surface area contributed by atoms with Crippen LogP contribution in [0.3, 0.4) is 0 Å². The van der Waals surface area contributed by atoms with Gasteiger partial charge in [-0.25, -0.2) is 0 Å². The number of rotatable bonds is 3. The summed E-state index contributed by atoms with van der Waals surface area (Å²) in [7, 11) is 0. The molecule has 0 aliphatic carbocycles. The highest BCUT2D eigenvalue weighted by Gasteiger charge is 2.16. The minimum absolute atomic E-state index is 0.383. The van der Waals surface area contributed by atoms with Crippen LogP contribution in [0.1, 0.15) is 49.3 Å². The van der Waals surface area contributed by atoms with E-state index < -0.39 is 0 Å². The lowest BCUT2D eigenvalue weighted by atomic mass is 9.88. The van der Waals surface area contributed by atoms with Crippen LogP contribution in [-0.4, -0.2) is 18.2 Å². The Morgan fingerprint density at radius 2 is 2.17 bits per heavy atom. The molecule has 1 atom stereocenters. The van der Waals surface area contributed by atoms with Crippen LogP contribution < -0.4 is 5.32 Å². The molecule has 0 bridgehead atoms. The number of hydrogen-bond donors (Lipinski definition) is 2. The van der Waals surface area contributed by atoms with E-state index >= 15 is 0 Å². The van der Waals surface area contributed by atoms with Crippen LogP contribution in [0.4, 0.5) is 0 Å². The van der Waals surface area contributed by atoms with Crippen molar-refractivity contribution in [1.82, 2.24) is 5.32 Å². The standard InChI is InChI=1S/C16H25NO/c1-11(2)15-9-14(12(3)7-16(15)18)8-13-5-4-6-17-10-13/h7,9,11,13,17-18H,4-6,8,10H2,1-3H3. The van der Waals surface area contributed by atoms with Gasteiger partial charge in [0.1, 0.15) is 5.75 Å². The van der Waals surface area contributed by atoms with Crippen LogP contribution in [0.2, 0.25) is 0 Å². The Hall–Kier alpha value is -1.02. The van der Waals surface area contributed by atoms with E-state index in [1.807, 2.05) is 6.07 Å². The van der Waals surface area contributed by atoms with Crippen molar-refractivity contribution in [2.45, 2.75) is 46.0 Å². The Balaban J connectivity index is 2.18. The van der Waals surface area contributed by atoms with Gasteiger partial charge in [0.15, 0.2) is 0 Å². The highest BCUT2D eigenvalue weighted by Crippen LogP contribution is 2.30. The van der Waals surface area contributed by atoms with Gasteiger partial charge in [-0.2, -0.15) is 0 Å². The Labute approximate surface area is 110 Å². The molecule has 1 heterocycles. The highest BCUT2D eigenvalue weighted by atomic mass is 16.3. The number of benzene rings is 1. The van der Waals surface area contributed by atoms with Crippen molar-refractivity contribution in [3.8, 4) is 5.75 Å². The topological polar surface area (TPSA) is 32.3 Å². The van der Waals surface area contributed by atoms with Crippen molar-refractivity contribution < 1.29 is 5.11 Å². The zero-order chi connectivity index (χ0) is 13.1. The molecule has 1 saturated heterocycles. The zero-order valence-electron chi connectivity index (χ0n) is 11.8. The molecule has 1 aromatic carbocycles. The number of hydrogen-bond acceptors (Lipinski definition) is 2. The Bertz CT molecular complexity index is 406. The monoisotopic (exact) mass is 247 g/mol. The fourth-order valence-electron chi connectivity index (χ4n) is 2.85. The molecular formula is C16H25NO. The maximum Gasteiger partial charge on any atom is 0.119 e. The molecule has 0 amide bonds. The van der Waals surface area contributed by atoms with E-state index in [1.165, 1.54) is 30.5 Å².